The van der Waals surface area contributed by atoms with E-state index in [0.29, 0.717) is 10.2 Å². The molecule has 2 saturated heterocycles. The molecule has 0 radical (unpaired) electrons. The number of fused-ring (bicyclic) bond motifs is 1. The fourth-order valence-corrected chi connectivity index (χ4v) is 8.36. The van der Waals surface area contributed by atoms with Gasteiger partial charge in [0.2, 0.25) is 0 Å². The highest BCUT2D eigenvalue weighted by molar-refractivity contribution is 8.16. The summed E-state index contributed by atoms with van der Waals surface area (Å²) in [5.41, 5.74) is 2.68. The molecule has 2 heterocycles. The average molecular weight is 492 g/mol. The van der Waals surface area contributed by atoms with E-state index in [4.69, 9.17) is 11.6 Å². The van der Waals surface area contributed by atoms with Crippen molar-refractivity contribution in [2.24, 2.45) is 4.99 Å². The number of carbonyl (C=O) groups is 1. The molecule has 2 aliphatic rings. The van der Waals surface area contributed by atoms with Gasteiger partial charge in [0.15, 0.2) is 15.0 Å². The molecule has 0 saturated carbocycles. The van der Waals surface area contributed by atoms with Crippen LogP contribution < -0.4 is 9.80 Å². The van der Waals surface area contributed by atoms with Crippen LogP contribution in [0.4, 0.5) is 11.4 Å². The molecule has 2 aromatic rings. The number of aliphatic imine (C=N–C) groups is 1. The number of anilines is 2. The molecular formula is C23H26ClN3O3S2. The number of hydrogen-bond donors (Lipinski definition) is 0. The first-order chi connectivity index (χ1) is 15.3. The van der Waals surface area contributed by atoms with Gasteiger partial charge in [-0.25, -0.2) is 8.42 Å². The Bertz CT molecular complexity index is 1130. The van der Waals surface area contributed by atoms with Gasteiger partial charge in [0.1, 0.15) is 0 Å². The van der Waals surface area contributed by atoms with Gasteiger partial charge >= 0.3 is 0 Å². The van der Waals surface area contributed by atoms with Gasteiger partial charge in [-0.2, -0.15) is 4.99 Å². The molecule has 6 nitrogen and oxygen atoms in total. The fraction of sp³-hybridized carbons (Fsp3) is 0.391. The Morgan fingerprint density at radius 1 is 1.12 bits per heavy atom. The van der Waals surface area contributed by atoms with Gasteiger partial charge < -0.3 is 9.80 Å². The molecule has 0 bridgehead atoms. The summed E-state index contributed by atoms with van der Waals surface area (Å²) in [5.74, 6) is -0.123. The largest absolute Gasteiger partial charge is 0.372 e. The van der Waals surface area contributed by atoms with E-state index in [2.05, 4.69) is 23.7 Å². The summed E-state index contributed by atoms with van der Waals surface area (Å²) in [6.45, 7) is 6.03. The number of carbonyl (C=O) groups excluding carboxylic acids is 1. The van der Waals surface area contributed by atoms with Gasteiger partial charge in [0.05, 0.1) is 24.0 Å². The van der Waals surface area contributed by atoms with E-state index in [1.807, 2.05) is 47.4 Å². The van der Waals surface area contributed by atoms with E-state index in [-0.39, 0.29) is 35.1 Å². The van der Waals surface area contributed by atoms with E-state index in [1.165, 1.54) is 11.8 Å². The average Bonchev–Trinajstić information content (AvgIpc) is 3.22. The first-order valence-electron chi connectivity index (χ1n) is 10.7. The quantitative estimate of drug-likeness (QED) is 0.607. The number of thioether (sulfide) groups is 1. The smallest absolute Gasteiger partial charge is 0.252 e. The lowest BCUT2D eigenvalue weighted by atomic mass is 10.1. The second-order valence-corrected chi connectivity index (χ2v) is 11.7. The molecule has 2 fully saturated rings. The zero-order valence-corrected chi connectivity index (χ0v) is 20.5. The lowest BCUT2D eigenvalue weighted by Crippen LogP contribution is -2.37. The molecule has 2 unspecified atom stereocenters. The SMILES string of the molecule is CCN(CC)c1ccc(N2C(=NC(=O)Cc3ccccc3Cl)SC3CS(=O)(=O)CC32)cc1. The Kier molecular flexibility index (Phi) is 6.83. The molecule has 0 aromatic heterocycles. The Labute approximate surface area is 198 Å². The minimum Gasteiger partial charge on any atom is -0.372 e. The molecule has 0 aliphatic carbocycles. The predicted molar refractivity (Wildman–Crippen MR) is 134 cm³/mol. The molecule has 9 heteroatoms. The lowest BCUT2D eigenvalue weighted by Gasteiger charge is -2.26. The minimum absolute atomic E-state index is 0.0696. The number of amides is 1. The lowest BCUT2D eigenvalue weighted by molar-refractivity contribution is -0.117. The summed E-state index contributed by atoms with van der Waals surface area (Å²) in [7, 11) is -3.11. The van der Waals surface area contributed by atoms with E-state index < -0.39 is 9.84 Å². The van der Waals surface area contributed by atoms with Crippen molar-refractivity contribution in [1.29, 1.82) is 0 Å². The Hall–Kier alpha value is -2.03. The van der Waals surface area contributed by atoms with Gasteiger partial charge in [0.25, 0.3) is 5.91 Å². The number of rotatable bonds is 6. The van der Waals surface area contributed by atoms with Gasteiger partial charge in [0, 0.05) is 34.7 Å². The number of hydrogen-bond acceptors (Lipinski definition) is 5. The third-order valence-corrected chi connectivity index (χ3v) is 9.42. The van der Waals surface area contributed by atoms with Gasteiger partial charge in [-0.15, -0.1) is 0 Å². The number of halogens is 1. The number of amidine groups is 1. The van der Waals surface area contributed by atoms with E-state index in [1.54, 1.807) is 6.07 Å². The van der Waals surface area contributed by atoms with Crippen LogP contribution in [0.1, 0.15) is 19.4 Å². The maximum absolute atomic E-state index is 12.8. The summed E-state index contributed by atoms with van der Waals surface area (Å²) in [5, 5.41) is 0.962. The van der Waals surface area contributed by atoms with Crippen LogP contribution in [-0.2, 0) is 21.1 Å². The van der Waals surface area contributed by atoms with E-state index in [0.717, 1.165) is 30.0 Å². The van der Waals surface area contributed by atoms with Crippen molar-refractivity contribution in [3.05, 3.63) is 59.1 Å². The maximum atomic E-state index is 12.8. The zero-order chi connectivity index (χ0) is 22.9. The van der Waals surface area contributed by atoms with Crippen molar-refractivity contribution in [2.45, 2.75) is 31.6 Å². The Morgan fingerprint density at radius 2 is 1.81 bits per heavy atom. The molecule has 2 atom stereocenters. The van der Waals surface area contributed by atoms with Crippen molar-refractivity contribution < 1.29 is 13.2 Å². The summed E-state index contributed by atoms with van der Waals surface area (Å²) in [6.07, 6.45) is 0.103. The Morgan fingerprint density at radius 3 is 2.47 bits per heavy atom. The first kappa shape index (κ1) is 23.1. The molecular weight excluding hydrogens is 466 g/mol. The van der Waals surface area contributed by atoms with Crippen LogP contribution in [0.15, 0.2) is 53.5 Å². The molecule has 4 rings (SSSR count). The molecule has 32 heavy (non-hydrogen) atoms. The highest BCUT2D eigenvalue weighted by Crippen LogP contribution is 2.41. The summed E-state index contributed by atoms with van der Waals surface area (Å²) < 4.78 is 24.6. The third-order valence-electron chi connectivity index (χ3n) is 5.84. The number of benzene rings is 2. The summed E-state index contributed by atoms with van der Waals surface area (Å²) >= 11 is 7.58. The van der Waals surface area contributed by atoms with Crippen LogP contribution in [-0.4, -0.2) is 55.4 Å². The number of sulfone groups is 1. The maximum Gasteiger partial charge on any atom is 0.252 e. The molecule has 2 aromatic carbocycles. The van der Waals surface area contributed by atoms with E-state index >= 15 is 0 Å². The van der Waals surface area contributed by atoms with Crippen LogP contribution in [0, 0.1) is 0 Å². The first-order valence-corrected chi connectivity index (χ1v) is 13.8. The predicted octanol–water partition coefficient (Wildman–Crippen LogP) is 4.03. The Balaban J connectivity index is 1.63. The summed E-state index contributed by atoms with van der Waals surface area (Å²) in [4.78, 5) is 21.3. The molecule has 1 amide bonds. The van der Waals surface area contributed by atoms with Crippen LogP contribution >= 0.6 is 23.4 Å². The second kappa shape index (κ2) is 9.45. The van der Waals surface area contributed by atoms with Crippen molar-refractivity contribution in [3.8, 4) is 0 Å². The number of nitrogens with zero attached hydrogens (tertiary/aromatic N) is 3. The highest BCUT2D eigenvalue weighted by atomic mass is 35.5. The van der Waals surface area contributed by atoms with Crippen LogP contribution in [0.5, 0.6) is 0 Å². The van der Waals surface area contributed by atoms with Crippen molar-refractivity contribution in [1.82, 2.24) is 0 Å². The highest BCUT2D eigenvalue weighted by Gasteiger charge is 2.49. The topological polar surface area (TPSA) is 70.0 Å². The van der Waals surface area contributed by atoms with Crippen molar-refractivity contribution in [2.75, 3.05) is 34.4 Å². The van der Waals surface area contributed by atoms with Crippen molar-refractivity contribution >= 4 is 55.6 Å². The molecule has 0 spiro atoms. The zero-order valence-electron chi connectivity index (χ0n) is 18.1. The third kappa shape index (κ3) is 4.82. The molecule has 0 N–H and O–H groups in total. The normalized spacial score (nSPS) is 22.8. The molecule has 170 valence electrons. The van der Waals surface area contributed by atoms with Crippen molar-refractivity contribution in [3.63, 3.8) is 0 Å². The van der Waals surface area contributed by atoms with Gasteiger partial charge in [-0.05, 0) is 49.7 Å². The van der Waals surface area contributed by atoms with Crippen LogP contribution in [0.2, 0.25) is 5.02 Å². The van der Waals surface area contributed by atoms with E-state index in [9.17, 15) is 13.2 Å². The van der Waals surface area contributed by atoms with Crippen LogP contribution in [0.3, 0.4) is 0 Å². The fourth-order valence-electron chi connectivity index (χ4n) is 4.23. The van der Waals surface area contributed by atoms with Gasteiger partial charge in [-0.1, -0.05) is 41.6 Å². The molecule has 2 aliphatic heterocycles. The standard InChI is InChI=1S/C23H26ClN3O3S2/c1-3-26(4-2)17-9-11-18(12-10-17)27-20-14-32(29,30)15-21(20)31-23(27)25-22(28)13-16-7-5-6-8-19(16)24/h5-12,20-21H,3-4,13-15H2,1-2H3. The monoisotopic (exact) mass is 491 g/mol. The van der Waals surface area contributed by atoms with Crippen LogP contribution in [0.25, 0.3) is 0 Å². The second-order valence-electron chi connectivity index (χ2n) is 7.92. The van der Waals surface area contributed by atoms with Gasteiger partial charge in [-0.3, -0.25) is 4.79 Å². The minimum atomic E-state index is -3.11. The summed E-state index contributed by atoms with van der Waals surface area (Å²) in [6, 6.07) is 15.0.